The first-order valence-electron chi connectivity index (χ1n) is 9.95. The second-order valence-electron chi connectivity index (χ2n) is 7.31. The first-order chi connectivity index (χ1) is 15.4. The van der Waals surface area contributed by atoms with Crippen LogP contribution >= 0.6 is 22.6 Å². The van der Waals surface area contributed by atoms with Gasteiger partial charge in [0.1, 0.15) is 18.2 Å². The lowest BCUT2D eigenvalue weighted by Crippen LogP contribution is -2.13. The van der Waals surface area contributed by atoms with Gasteiger partial charge in [0.25, 0.3) is 5.91 Å². The summed E-state index contributed by atoms with van der Waals surface area (Å²) in [4.78, 5) is 12.6. The van der Waals surface area contributed by atoms with Gasteiger partial charge in [-0.1, -0.05) is 42.0 Å². The lowest BCUT2D eigenvalue weighted by Gasteiger charge is -2.14. The zero-order valence-corrected chi connectivity index (χ0v) is 20.3. The van der Waals surface area contributed by atoms with Crippen LogP contribution in [0.5, 0.6) is 11.5 Å². The Morgan fingerprint density at radius 3 is 2.47 bits per heavy atom. The van der Waals surface area contributed by atoms with Crippen molar-refractivity contribution in [2.24, 2.45) is 0 Å². The Kier molecular flexibility index (Phi) is 7.90. The van der Waals surface area contributed by atoms with E-state index in [0.717, 1.165) is 14.7 Å². The second-order valence-corrected chi connectivity index (χ2v) is 8.47. The van der Waals surface area contributed by atoms with Crippen LogP contribution in [0.25, 0.3) is 6.08 Å². The molecule has 0 heterocycles. The van der Waals surface area contributed by atoms with Crippen molar-refractivity contribution in [1.82, 2.24) is 0 Å². The Labute approximate surface area is 201 Å². The summed E-state index contributed by atoms with van der Waals surface area (Å²) in [6.07, 6.45) is 1.54. The monoisotopic (exact) mass is 538 g/mol. The molecule has 0 aliphatic rings. The number of nitrogens with one attached hydrogen (secondary N) is 1. The van der Waals surface area contributed by atoms with Gasteiger partial charge in [0.2, 0.25) is 0 Å². The molecule has 0 radical (unpaired) electrons. The van der Waals surface area contributed by atoms with E-state index < -0.39 is 5.91 Å². The zero-order chi connectivity index (χ0) is 23.1. The van der Waals surface area contributed by atoms with E-state index in [1.54, 1.807) is 25.3 Å². The van der Waals surface area contributed by atoms with Crippen LogP contribution in [0.3, 0.4) is 0 Å². The molecule has 1 N–H and O–H groups in total. The number of nitriles is 1. The van der Waals surface area contributed by atoms with Crippen LogP contribution < -0.4 is 14.8 Å². The minimum Gasteiger partial charge on any atom is -0.493 e. The standard InChI is InChI=1S/C26H23IN2O3/c1-17-6-4-8-19(10-17)16-32-25-23(27)13-20(14-24(25)31-3)12-21(15-28)26(30)29-22-9-5-7-18(2)11-22/h4-14H,16H2,1-3H3,(H,29,30)/b21-12-. The number of ether oxygens (including phenoxy) is 2. The van der Waals surface area contributed by atoms with Crippen molar-refractivity contribution in [1.29, 1.82) is 5.26 Å². The molecule has 0 aliphatic carbocycles. The molecule has 3 rings (SSSR count). The van der Waals surface area contributed by atoms with E-state index in [9.17, 15) is 10.1 Å². The molecule has 3 aromatic carbocycles. The van der Waals surface area contributed by atoms with E-state index in [0.29, 0.717) is 29.4 Å². The van der Waals surface area contributed by atoms with Gasteiger partial charge in [-0.3, -0.25) is 4.79 Å². The Morgan fingerprint density at radius 2 is 1.81 bits per heavy atom. The summed E-state index contributed by atoms with van der Waals surface area (Å²) in [5.74, 6) is 0.688. The molecule has 0 saturated heterocycles. The van der Waals surface area contributed by atoms with Crippen LogP contribution in [0, 0.1) is 28.7 Å². The van der Waals surface area contributed by atoms with Crippen molar-refractivity contribution in [3.63, 3.8) is 0 Å². The van der Waals surface area contributed by atoms with Crippen molar-refractivity contribution in [3.05, 3.63) is 92.1 Å². The number of methoxy groups -OCH3 is 1. The lowest BCUT2D eigenvalue weighted by molar-refractivity contribution is -0.112. The molecule has 0 aliphatic heterocycles. The number of nitrogens with zero attached hydrogens (tertiary/aromatic N) is 1. The van der Waals surface area contributed by atoms with Crippen LogP contribution in [-0.4, -0.2) is 13.0 Å². The van der Waals surface area contributed by atoms with Crippen molar-refractivity contribution in [2.75, 3.05) is 12.4 Å². The number of hydrogen-bond donors (Lipinski definition) is 1. The van der Waals surface area contributed by atoms with Gasteiger partial charge in [-0.2, -0.15) is 5.26 Å². The van der Waals surface area contributed by atoms with Gasteiger partial charge in [0.15, 0.2) is 11.5 Å². The predicted octanol–water partition coefficient (Wildman–Crippen LogP) is 6.04. The fraction of sp³-hybridized carbons (Fsp3) is 0.154. The third-order valence-electron chi connectivity index (χ3n) is 4.67. The highest BCUT2D eigenvalue weighted by molar-refractivity contribution is 14.1. The molecular formula is C26H23IN2O3. The molecule has 5 nitrogen and oxygen atoms in total. The second kappa shape index (κ2) is 10.8. The molecule has 3 aromatic rings. The summed E-state index contributed by atoms with van der Waals surface area (Å²) in [6.45, 7) is 4.38. The maximum absolute atomic E-state index is 12.6. The van der Waals surface area contributed by atoms with E-state index in [1.165, 1.54) is 5.56 Å². The van der Waals surface area contributed by atoms with Gasteiger partial charge >= 0.3 is 0 Å². The van der Waals surface area contributed by atoms with Crippen LogP contribution in [-0.2, 0) is 11.4 Å². The third kappa shape index (κ3) is 6.11. The van der Waals surface area contributed by atoms with Crippen molar-refractivity contribution in [2.45, 2.75) is 20.5 Å². The number of carbonyl (C=O) groups is 1. The predicted molar refractivity (Wildman–Crippen MR) is 135 cm³/mol. The smallest absolute Gasteiger partial charge is 0.266 e. The zero-order valence-electron chi connectivity index (χ0n) is 18.1. The molecule has 1 amide bonds. The quantitative estimate of drug-likeness (QED) is 0.226. The maximum atomic E-state index is 12.6. The first kappa shape index (κ1) is 23.4. The Bertz CT molecular complexity index is 1210. The van der Waals surface area contributed by atoms with E-state index in [4.69, 9.17) is 9.47 Å². The molecule has 0 atom stereocenters. The molecule has 0 spiro atoms. The molecule has 0 bridgehead atoms. The Morgan fingerprint density at radius 1 is 1.09 bits per heavy atom. The number of carbonyl (C=O) groups excluding carboxylic acids is 1. The number of aryl methyl sites for hydroxylation is 2. The number of amides is 1. The molecule has 6 heteroatoms. The van der Waals surface area contributed by atoms with E-state index in [-0.39, 0.29) is 5.57 Å². The van der Waals surface area contributed by atoms with E-state index >= 15 is 0 Å². The van der Waals surface area contributed by atoms with Gasteiger partial charge < -0.3 is 14.8 Å². The highest BCUT2D eigenvalue weighted by Gasteiger charge is 2.14. The van der Waals surface area contributed by atoms with Gasteiger partial charge in [-0.25, -0.2) is 0 Å². The molecule has 0 unspecified atom stereocenters. The van der Waals surface area contributed by atoms with E-state index in [2.05, 4.69) is 34.0 Å². The Balaban J connectivity index is 1.82. The van der Waals surface area contributed by atoms with Crippen LogP contribution in [0.1, 0.15) is 22.3 Å². The van der Waals surface area contributed by atoms with Crippen LogP contribution in [0.15, 0.2) is 66.2 Å². The molecule has 0 fully saturated rings. The number of benzene rings is 3. The van der Waals surface area contributed by atoms with Crippen molar-refractivity contribution < 1.29 is 14.3 Å². The minimum atomic E-state index is -0.466. The van der Waals surface area contributed by atoms with Gasteiger partial charge in [-0.15, -0.1) is 0 Å². The maximum Gasteiger partial charge on any atom is 0.266 e. The Hall–Kier alpha value is -3.31. The summed E-state index contributed by atoms with van der Waals surface area (Å²) in [5, 5.41) is 12.3. The third-order valence-corrected chi connectivity index (χ3v) is 5.47. The fourth-order valence-electron chi connectivity index (χ4n) is 3.16. The first-order valence-corrected chi connectivity index (χ1v) is 11.0. The number of anilines is 1. The van der Waals surface area contributed by atoms with Crippen LogP contribution in [0.4, 0.5) is 5.69 Å². The molecule has 0 aromatic heterocycles. The highest BCUT2D eigenvalue weighted by atomic mass is 127. The lowest BCUT2D eigenvalue weighted by atomic mass is 10.1. The van der Waals surface area contributed by atoms with Crippen LogP contribution in [0.2, 0.25) is 0 Å². The molecular weight excluding hydrogens is 515 g/mol. The number of rotatable bonds is 7. The summed E-state index contributed by atoms with van der Waals surface area (Å²) >= 11 is 2.17. The highest BCUT2D eigenvalue weighted by Crippen LogP contribution is 2.35. The number of hydrogen-bond acceptors (Lipinski definition) is 4. The van der Waals surface area contributed by atoms with Gasteiger partial charge in [0.05, 0.1) is 10.7 Å². The largest absolute Gasteiger partial charge is 0.493 e. The van der Waals surface area contributed by atoms with Crippen molar-refractivity contribution >= 4 is 40.3 Å². The topological polar surface area (TPSA) is 71.3 Å². The summed E-state index contributed by atoms with van der Waals surface area (Å²) < 4.78 is 12.4. The SMILES string of the molecule is COc1cc(/C=C(/C#N)C(=O)Nc2cccc(C)c2)cc(I)c1OCc1cccc(C)c1. The molecule has 32 heavy (non-hydrogen) atoms. The fourth-order valence-corrected chi connectivity index (χ4v) is 3.94. The number of halogens is 1. The normalized spacial score (nSPS) is 10.9. The summed E-state index contributed by atoms with van der Waals surface area (Å²) in [6, 6.07) is 21.1. The van der Waals surface area contributed by atoms with Gasteiger partial charge in [0, 0.05) is 5.69 Å². The van der Waals surface area contributed by atoms with Crippen molar-refractivity contribution in [3.8, 4) is 17.6 Å². The summed E-state index contributed by atoms with van der Waals surface area (Å²) in [5.41, 5.74) is 4.56. The minimum absolute atomic E-state index is 0.00205. The molecule has 162 valence electrons. The average molecular weight is 538 g/mol. The molecule has 0 saturated carbocycles. The van der Waals surface area contributed by atoms with E-state index in [1.807, 2.05) is 62.4 Å². The summed E-state index contributed by atoms with van der Waals surface area (Å²) in [7, 11) is 1.56. The average Bonchev–Trinajstić information content (AvgIpc) is 2.76. The van der Waals surface area contributed by atoms with Gasteiger partial charge in [-0.05, 0) is 83.5 Å².